The van der Waals surface area contributed by atoms with E-state index in [-0.39, 0.29) is 11.1 Å². The quantitative estimate of drug-likeness (QED) is 0.192. The zero-order chi connectivity index (χ0) is 36.4. The number of hydrogen-bond acceptors (Lipinski definition) is 2. The lowest BCUT2D eigenvalue weighted by Gasteiger charge is -2.43. The highest BCUT2D eigenvalue weighted by Crippen LogP contribution is 2.50. The first-order valence-corrected chi connectivity index (χ1v) is 15.9. The summed E-state index contributed by atoms with van der Waals surface area (Å²) in [6.07, 6.45) is 7.59. The van der Waals surface area contributed by atoms with Crippen molar-refractivity contribution in [2.75, 3.05) is 0 Å². The summed E-state index contributed by atoms with van der Waals surface area (Å²) in [5.41, 5.74) is 7.08. The van der Waals surface area contributed by atoms with Crippen LogP contribution in [0.4, 0.5) is 0 Å². The Kier molecular flexibility index (Phi) is 5.98. The maximum absolute atomic E-state index is 9.61. The summed E-state index contributed by atoms with van der Waals surface area (Å²) in [5.74, 6) is 0.581. The van der Waals surface area contributed by atoms with Crippen LogP contribution in [0.1, 0.15) is 110 Å². The van der Waals surface area contributed by atoms with E-state index in [1.54, 1.807) is 12.1 Å². The number of rotatable bonds is 7. The first-order chi connectivity index (χ1) is 23.3. The van der Waals surface area contributed by atoms with E-state index in [4.69, 9.17) is 12.6 Å². The molecule has 0 amide bonds. The van der Waals surface area contributed by atoms with Crippen LogP contribution in [-0.2, 0) is 0 Å². The fourth-order valence-corrected chi connectivity index (χ4v) is 7.94. The summed E-state index contributed by atoms with van der Waals surface area (Å²) >= 11 is 0. The van der Waals surface area contributed by atoms with E-state index < -0.39 is 19.6 Å². The highest BCUT2D eigenvalue weighted by atomic mass is 16.3. The fourth-order valence-electron chi connectivity index (χ4n) is 7.94. The second-order valence-corrected chi connectivity index (χ2v) is 13.9. The van der Waals surface area contributed by atoms with Crippen LogP contribution in [0.2, 0.25) is 0 Å². The normalized spacial score (nSPS) is 19.5. The van der Waals surface area contributed by atoms with Gasteiger partial charge in [0.1, 0.15) is 11.2 Å². The molecule has 6 rings (SSSR count). The molecule has 1 aliphatic carbocycles. The van der Waals surface area contributed by atoms with Gasteiger partial charge in [0.15, 0.2) is 0 Å². The molecule has 0 N–H and O–H groups in total. The summed E-state index contributed by atoms with van der Waals surface area (Å²) in [6.45, 7) is 8.45. The van der Waals surface area contributed by atoms with Gasteiger partial charge in [-0.1, -0.05) is 64.1 Å². The molecule has 2 heterocycles. The van der Waals surface area contributed by atoms with Crippen molar-refractivity contribution in [2.24, 2.45) is 17.3 Å². The molecule has 3 aromatic carbocycles. The minimum absolute atomic E-state index is 0.164. The molecular weight excluding hydrogens is 522 g/mol. The molecule has 43 heavy (non-hydrogen) atoms. The summed E-state index contributed by atoms with van der Waals surface area (Å²) < 4.78 is 64.8. The number of aryl methyl sites for hydroxylation is 4. The number of pyridine rings is 1. The second kappa shape index (κ2) is 11.6. The van der Waals surface area contributed by atoms with Gasteiger partial charge in [-0.05, 0) is 146 Å². The number of nitrogens with zero attached hydrogens (tertiary/aromatic N) is 1. The minimum Gasteiger partial charge on any atom is -0.455 e. The molecule has 1 saturated carbocycles. The molecular formula is C41H49NO. The number of para-hydroxylation sites is 1. The van der Waals surface area contributed by atoms with E-state index in [1.165, 1.54) is 19.0 Å². The Labute approximate surface area is 268 Å². The third kappa shape index (κ3) is 5.78. The van der Waals surface area contributed by atoms with Crippen molar-refractivity contribution >= 4 is 21.9 Å². The van der Waals surface area contributed by atoms with Gasteiger partial charge < -0.3 is 4.42 Å². The van der Waals surface area contributed by atoms with E-state index in [0.29, 0.717) is 45.2 Å². The van der Waals surface area contributed by atoms with Gasteiger partial charge in [-0.2, -0.15) is 0 Å². The first kappa shape index (κ1) is 22.2. The highest BCUT2D eigenvalue weighted by Gasteiger charge is 2.36. The summed E-state index contributed by atoms with van der Waals surface area (Å²) in [6, 6.07) is 17.0. The lowest BCUT2D eigenvalue weighted by atomic mass is 9.62. The summed E-state index contributed by atoms with van der Waals surface area (Å²) in [5, 5.41) is 1.69. The molecule has 5 aromatic rings. The van der Waals surface area contributed by atoms with Crippen molar-refractivity contribution in [1.29, 1.82) is 0 Å². The lowest BCUT2D eigenvalue weighted by Crippen LogP contribution is -2.30. The van der Waals surface area contributed by atoms with E-state index in [9.17, 15) is 1.37 Å². The predicted octanol–water partition coefficient (Wildman–Crippen LogP) is 12.3. The van der Waals surface area contributed by atoms with Gasteiger partial charge in [0, 0.05) is 32.1 Å². The number of hydrogen-bond donors (Lipinski definition) is 0. The molecule has 2 aromatic heterocycles. The number of furan rings is 1. The monoisotopic (exact) mass is 578 g/mol. The van der Waals surface area contributed by atoms with Gasteiger partial charge in [-0.15, -0.1) is 0 Å². The number of aromatic nitrogens is 1. The van der Waals surface area contributed by atoms with Crippen LogP contribution < -0.4 is 0 Å². The standard InChI is InChI=1S/C41H49NO/c1-25(2)22-41(23-26(3)4)16-14-31(15-17-41)32-12-13-33(28(6)20-32)36-21-37(42-24-30(36)8)34-10-9-11-35-39-29(7)18-27(5)19-38(39)43-40(34)35/h9-13,18-21,24-26,31H,14-17,22-23H2,1-8H3/i5D3,8D3,31D. The van der Waals surface area contributed by atoms with Gasteiger partial charge in [-0.25, -0.2) is 0 Å². The fraction of sp³-hybridized carbons (Fsp3) is 0.439. The molecule has 1 aliphatic rings. The van der Waals surface area contributed by atoms with Crippen molar-refractivity contribution in [2.45, 2.75) is 99.7 Å². The van der Waals surface area contributed by atoms with Crippen LogP contribution in [-0.4, -0.2) is 4.98 Å². The minimum atomic E-state index is -2.39. The molecule has 0 aliphatic heterocycles. The average Bonchev–Trinajstić information content (AvgIpc) is 3.40. The molecule has 0 saturated heterocycles. The Hall–Kier alpha value is -3.39. The Morgan fingerprint density at radius 1 is 0.860 bits per heavy atom. The Morgan fingerprint density at radius 2 is 1.63 bits per heavy atom. The number of fused-ring (bicyclic) bond motifs is 3. The van der Waals surface area contributed by atoms with Crippen molar-refractivity contribution in [3.05, 3.63) is 88.6 Å². The maximum atomic E-state index is 9.61. The third-order valence-electron chi connectivity index (χ3n) is 9.50. The van der Waals surface area contributed by atoms with E-state index in [2.05, 4.69) is 38.7 Å². The Bertz CT molecular complexity index is 2030. The van der Waals surface area contributed by atoms with E-state index in [0.717, 1.165) is 58.7 Å². The molecule has 0 atom stereocenters. The topological polar surface area (TPSA) is 26.0 Å². The average molecular weight is 579 g/mol. The van der Waals surface area contributed by atoms with Gasteiger partial charge in [0.05, 0.1) is 5.69 Å². The van der Waals surface area contributed by atoms with Gasteiger partial charge >= 0.3 is 0 Å². The van der Waals surface area contributed by atoms with Crippen LogP contribution in [0.25, 0.3) is 44.3 Å². The SMILES string of the molecule is [2H]C([2H])([2H])c1cc(C)c2c(c1)oc1c(-c3cc(-c4ccc(C5([2H])CCC(CC(C)C)(CC(C)C)CC5)cc4C)c(C([2H])([2H])[2H])cn3)cccc12. The third-order valence-corrected chi connectivity index (χ3v) is 9.50. The molecule has 0 unspecified atom stereocenters. The summed E-state index contributed by atoms with van der Waals surface area (Å²) in [4.78, 5) is 4.65. The number of benzene rings is 3. The Balaban J connectivity index is 1.40. The highest BCUT2D eigenvalue weighted by molar-refractivity contribution is 6.11. The van der Waals surface area contributed by atoms with Crippen molar-refractivity contribution in [3.8, 4) is 22.4 Å². The van der Waals surface area contributed by atoms with Crippen LogP contribution >= 0.6 is 0 Å². The van der Waals surface area contributed by atoms with Crippen LogP contribution in [0.3, 0.4) is 0 Å². The largest absolute Gasteiger partial charge is 0.455 e. The van der Waals surface area contributed by atoms with Crippen molar-refractivity contribution in [3.63, 3.8) is 0 Å². The van der Waals surface area contributed by atoms with Crippen LogP contribution in [0, 0.1) is 44.8 Å². The smallest absolute Gasteiger partial charge is 0.144 e. The molecule has 224 valence electrons. The van der Waals surface area contributed by atoms with Crippen LogP contribution in [0.15, 0.2) is 65.2 Å². The van der Waals surface area contributed by atoms with Gasteiger partial charge in [0.2, 0.25) is 0 Å². The molecule has 1 fully saturated rings. The van der Waals surface area contributed by atoms with Gasteiger partial charge in [0.25, 0.3) is 0 Å². The zero-order valence-corrected chi connectivity index (χ0v) is 26.5. The summed E-state index contributed by atoms with van der Waals surface area (Å²) in [7, 11) is 0. The van der Waals surface area contributed by atoms with Crippen molar-refractivity contribution < 1.29 is 14.0 Å². The molecule has 0 bridgehead atoms. The Morgan fingerprint density at radius 3 is 2.30 bits per heavy atom. The molecule has 0 radical (unpaired) electrons. The second-order valence-electron chi connectivity index (χ2n) is 13.9. The predicted molar refractivity (Wildman–Crippen MR) is 184 cm³/mol. The maximum Gasteiger partial charge on any atom is 0.144 e. The molecule has 2 heteroatoms. The molecule has 0 spiro atoms. The zero-order valence-electron chi connectivity index (χ0n) is 33.5. The molecule has 2 nitrogen and oxygen atoms in total. The first-order valence-electron chi connectivity index (χ1n) is 19.4. The van der Waals surface area contributed by atoms with Crippen LogP contribution in [0.5, 0.6) is 0 Å². The lowest BCUT2D eigenvalue weighted by molar-refractivity contribution is 0.108. The van der Waals surface area contributed by atoms with Crippen molar-refractivity contribution in [1.82, 2.24) is 4.98 Å². The van der Waals surface area contributed by atoms with E-state index >= 15 is 0 Å². The van der Waals surface area contributed by atoms with Gasteiger partial charge in [-0.3, -0.25) is 4.98 Å². The van der Waals surface area contributed by atoms with E-state index in [1.807, 2.05) is 50.2 Å².